The lowest BCUT2D eigenvalue weighted by Gasteiger charge is -2.07. The maximum absolute atomic E-state index is 11.8. The van der Waals surface area contributed by atoms with Gasteiger partial charge < -0.3 is 0 Å². The highest BCUT2D eigenvalue weighted by atomic mass is 32.2. The van der Waals surface area contributed by atoms with Crippen molar-refractivity contribution >= 4 is 15.7 Å². The van der Waals surface area contributed by atoms with E-state index < -0.39 is 14.9 Å². The Balaban J connectivity index is 2.68. The number of benzene rings is 1. The molecule has 0 fully saturated rings. The van der Waals surface area contributed by atoms with Crippen LogP contribution in [0.5, 0.6) is 0 Å². The van der Waals surface area contributed by atoms with Crippen molar-refractivity contribution in [1.29, 1.82) is 0 Å². The second-order valence-electron chi connectivity index (χ2n) is 4.08. The largest absolute Gasteiger partial charge is 0.294 e. The fraction of sp³-hybridized carbons (Fsp3) is 0.182. The molecule has 2 rings (SSSR count). The Hall–Kier alpha value is -2.26. The molecule has 1 heterocycles. The third-order valence-corrected chi connectivity index (χ3v) is 4.09. The highest BCUT2D eigenvalue weighted by Crippen LogP contribution is 2.25. The zero-order chi connectivity index (χ0) is 14.9. The molecule has 2 aromatic rings. The number of nitro benzene ring substituents is 1. The Labute approximate surface area is 115 Å². The minimum absolute atomic E-state index is 0.0613. The highest BCUT2D eigenvalue weighted by molar-refractivity contribution is 7.89. The molecular formula is C11H12N4O4S. The molecule has 1 N–H and O–H groups in total. The topological polar surface area (TPSA) is 107 Å². The molecular weight excluding hydrogens is 284 g/mol. The number of aryl methyl sites for hydroxylation is 1. The van der Waals surface area contributed by atoms with Crippen molar-refractivity contribution in [3.8, 4) is 5.69 Å². The fourth-order valence-corrected chi connectivity index (χ4v) is 2.42. The van der Waals surface area contributed by atoms with Crippen molar-refractivity contribution in [1.82, 2.24) is 14.5 Å². The summed E-state index contributed by atoms with van der Waals surface area (Å²) in [5, 5.41) is 15.0. The number of nitrogens with one attached hydrogen (secondary N) is 1. The average Bonchev–Trinajstić information content (AvgIpc) is 2.84. The average molecular weight is 296 g/mol. The van der Waals surface area contributed by atoms with E-state index >= 15 is 0 Å². The molecule has 0 aliphatic heterocycles. The molecule has 9 heteroatoms. The monoisotopic (exact) mass is 296 g/mol. The number of aromatic nitrogens is 2. The van der Waals surface area contributed by atoms with Crippen LogP contribution in [-0.2, 0) is 10.0 Å². The standard InChI is InChI=1S/C11H12N4O4S/c1-8-6-13-14(7-8)11-5-9(20(18,19)12-2)3-4-10(11)15(16)17/h3-7,12H,1-2H3. The molecule has 0 bridgehead atoms. The summed E-state index contributed by atoms with van der Waals surface area (Å²) < 4.78 is 27.0. The van der Waals surface area contributed by atoms with Crippen molar-refractivity contribution in [2.45, 2.75) is 11.8 Å². The lowest BCUT2D eigenvalue weighted by Crippen LogP contribution is -2.19. The van der Waals surface area contributed by atoms with Gasteiger partial charge in [-0.1, -0.05) is 0 Å². The van der Waals surface area contributed by atoms with Gasteiger partial charge in [-0.05, 0) is 31.7 Å². The Morgan fingerprint density at radius 1 is 1.40 bits per heavy atom. The van der Waals surface area contributed by atoms with Gasteiger partial charge in [0.1, 0.15) is 5.69 Å². The lowest BCUT2D eigenvalue weighted by atomic mass is 10.2. The molecule has 0 aliphatic carbocycles. The van der Waals surface area contributed by atoms with Crippen molar-refractivity contribution in [2.75, 3.05) is 7.05 Å². The Morgan fingerprint density at radius 3 is 2.60 bits per heavy atom. The number of rotatable bonds is 4. The molecule has 0 aliphatic rings. The van der Waals surface area contributed by atoms with Crippen LogP contribution >= 0.6 is 0 Å². The third-order valence-electron chi connectivity index (χ3n) is 2.68. The molecule has 8 nitrogen and oxygen atoms in total. The molecule has 0 atom stereocenters. The molecule has 0 unspecified atom stereocenters. The number of hydrogen-bond acceptors (Lipinski definition) is 5. The number of sulfonamides is 1. The van der Waals surface area contributed by atoms with Crippen LogP contribution in [0, 0.1) is 17.0 Å². The van der Waals surface area contributed by atoms with Crippen molar-refractivity contribution < 1.29 is 13.3 Å². The first kappa shape index (κ1) is 14.2. The molecule has 0 saturated carbocycles. The van der Waals surface area contributed by atoms with E-state index in [-0.39, 0.29) is 16.3 Å². The zero-order valence-corrected chi connectivity index (χ0v) is 11.6. The first-order valence-corrected chi connectivity index (χ1v) is 7.07. The number of nitrogens with zero attached hydrogens (tertiary/aromatic N) is 3. The quantitative estimate of drug-likeness (QED) is 0.669. The highest BCUT2D eigenvalue weighted by Gasteiger charge is 2.21. The maximum atomic E-state index is 11.8. The van der Waals surface area contributed by atoms with Crippen LogP contribution in [0.3, 0.4) is 0 Å². The second kappa shape index (κ2) is 5.02. The van der Waals surface area contributed by atoms with Crippen LogP contribution < -0.4 is 4.72 Å². The summed E-state index contributed by atoms with van der Waals surface area (Å²) in [4.78, 5) is 10.4. The van der Waals surface area contributed by atoms with Crippen LogP contribution in [0.4, 0.5) is 5.69 Å². The zero-order valence-electron chi connectivity index (χ0n) is 10.8. The summed E-state index contributed by atoms with van der Waals surface area (Å²) in [6.45, 7) is 1.78. The van der Waals surface area contributed by atoms with Gasteiger partial charge in [-0.2, -0.15) is 5.10 Å². The minimum atomic E-state index is -3.68. The summed E-state index contributed by atoms with van der Waals surface area (Å²) in [6, 6.07) is 3.55. The van der Waals surface area contributed by atoms with E-state index in [4.69, 9.17) is 0 Å². The van der Waals surface area contributed by atoms with Gasteiger partial charge in [0, 0.05) is 12.3 Å². The van der Waals surface area contributed by atoms with Gasteiger partial charge in [-0.25, -0.2) is 17.8 Å². The maximum Gasteiger partial charge on any atom is 0.294 e. The SMILES string of the molecule is CNS(=O)(=O)c1ccc([N+](=O)[O-])c(-n2cc(C)cn2)c1. The summed E-state index contributed by atoms with van der Waals surface area (Å²) in [6.07, 6.45) is 3.11. The molecule has 1 aromatic carbocycles. The fourth-order valence-electron chi connectivity index (χ4n) is 1.67. The van der Waals surface area contributed by atoms with Crippen LogP contribution in [-0.4, -0.2) is 30.2 Å². The van der Waals surface area contributed by atoms with E-state index in [1.54, 1.807) is 13.1 Å². The van der Waals surface area contributed by atoms with Gasteiger partial charge in [-0.15, -0.1) is 0 Å². The smallest absolute Gasteiger partial charge is 0.258 e. The number of nitro groups is 1. The molecule has 0 radical (unpaired) electrons. The number of hydrogen-bond donors (Lipinski definition) is 1. The summed E-state index contributed by atoms with van der Waals surface area (Å²) in [5.41, 5.74) is 0.684. The van der Waals surface area contributed by atoms with Crippen LogP contribution in [0.1, 0.15) is 5.56 Å². The summed E-state index contributed by atoms with van der Waals surface area (Å²) >= 11 is 0. The van der Waals surface area contributed by atoms with Gasteiger partial charge in [0.15, 0.2) is 0 Å². The van der Waals surface area contributed by atoms with E-state index in [2.05, 4.69) is 9.82 Å². The Morgan fingerprint density at radius 2 is 2.10 bits per heavy atom. The second-order valence-corrected chi connectivity index (χ2v) is 5.96. The minimum Gasteiger partial charge on any atom is -0.258 e. The van der Waals surface area contributed by atoms with E-state index in [1.807, 2.05) is 0 Å². The van der Waals surface area contributed by atoms with Gasteiger partial charge >= 0.3 is 0 Å². The van der Waals surface area contributed by atoms with Crippen molar-refractivity contribution in [3.05, 3.63) is 46.3 Å². The van der Waals surface area contributed by atoms with Crippen LogP contribution in [0.15, 0.2) is 35.5 Å². The molecule has 0 amide bonds. The van der Waals surface area contributed by atoms with Gasteiger partial charge in [0.05, 0.1) is 16.0 Å². The molecule has 0 saturated heterocycles. The van der Waals surface area contributed by atoms with Gasteiger partial charge in [0.2, 0.25) is 10.0 Å². The first-order chi connectivity index (χ1) is 9.35. The third kappa shape index (κ3) is 2.53. The van der Waals surface area contributed by atoms with E-state index in [0.29, 0.717) is 0 Å². The van der Waals surface area contributed by atoms with Gasteiger partial charge in [-0.3, -0.25) is 10.1 Å². The van der Waals surface area contributed by atoms with Crippen LogP contribution in [0.25, 0.3) is 5.69 Å². The van der Waals surface area contributed by atoms with Crippen molar-refractivity contribution in [3.63, 3.8) is 0 Å². The lowest BCUT2D eigenvalue weighted by molar-refractivity contribution is -0.384. The van der Waals surface area contributed by atoms with E-state index in [1.165, 1.54) is 30.1 Å². The normalized spacial score (nSPS) is 11.5. The Kier molecular flexibility index (Phi) is 3.55. The summed E-state index contributed by atoms with van der Waals surface area (Å²) in [5.74, 6) is 0. The molecule has 0 spiro atoms. The predicted molar refractivity (Wildman–Crippen MR) is 71.2 cm³/mol. The van der Waals surface area contributed by atoms with Crippen LogP contribution in [0.2, 0.25) is 0 Å². The summed E-state index contributed by atoms with van der Waals surface area (Å²) in [7, 11) is -2.41. The van der Waals surface area contributed by atoms with Gasteiger partial charge in [0.25, 0.3) is 5.69 Å². The van der Waals surface area contributed by atoms with Crippen molar-refractivity contribution in [2.24, 2.45) is 0 Å². The van der Waals surface area contributed by atoms with E-state index in [9.17, 15) is 18.5 Å². The Bertz CT molecular complexity index is 766. The first-order valence-electron chi connectivity index (χ1n) is 5.59. The molecule has 20 heavy (non-hydrogen) atoms. The van der Waals surface area contributed by atoms with E-state index in [0.717, 1.165) is 11.6 Å². The molecule has 1 aromatic heterocycles. The predicted octanol–water partition coefficient (Wildman–Crippen LogP) is 0.997. The molecule has 106 valence electrons.